The molecule has 0 aliphatic heterocycles. The van der Waals surface area contributed by atoms with Crippen molar-refractivity contribution in [3.05, 3.63) is 95.3 Å². The summed E-state index contributed by atoms with van der Waals surface area (Å²) in [5, 5.41) is 3.84. The van der Waals surface area contributed by atoms with Crippen molar-refractivity contribution >= 4 is 16.8 Å². The summed E-state index contributed by atoms with van der Waals surface area (Å²) >= 11 is 0. The minimum absolute atomic E-state index is 0.194. The van der Waals surface area contributed by atoms with E-state index < -0.39 is 0 Å². The SMILES string of the molecule is COc1ccc2cc(C(=O)NCc3cccnc3OCc3ccccc3)c(C)nc2c1. The first-order chi connectivity index (χ1) is 15.1. The molecule has 4 rings (SSSR count). The number of aryl methyl sites for hydroxylation is 1. The average Bonchev–Trinajstić information content (AvgIpc) is 2.81. The molecular weight excluding hydrogens is 390 g/mol. The summed E-state index contributed by atoms with van der Waals surface area (Å²) in [6.45, 7) is 2.54. The van der Waals surface area contributed by atoms with Crippen LogP contribution in [0.2, 0.25) is 0 Å². The number of carbonyl (C=O) groups is 1. The van der Waals surface area contributed by atoms with Gasteiger partial charge in [-0.05, 0) is 36.8 Å². The van der Waals surface area contributed by atoms with Gasteiger partial charge in [-0.3, -0.25) is 9.78 Å². The van der Waals surface area contributed by atoms with Crippen molar-refractivity contribution in [2.75, 3.05) is 7.11 Å². The van der Waals surface area contributed by atoms with Gasteiger partial charge in [-0.25, -0.2) is 4.98 Å². The lowest BCUT2D eigenvalue weighted by molar-refractivity contribution is 0.0949. The number of aromatic nitrogens is 2. The van der Waals surface area contributed by atoms with Crippen molar-refractivity contribution in [1.29, 1.82) is 0 Å². The summed E-state index contributed by atoms with van der Waals surface area (Å²) in [4.78, 5) is 21.7. The van der Waals surface area contributed by atoms with Gasteiger partial charge in [-0.1, -0.05) is 36.4 Å². The molecule has 1 N–H and O–H groups in total. The smallest absolute Gasteiger partial charge is 0.253 e. The van der Waals surface area contributed by atoms with Gasteiger partial charge < -0.3 is 14.8 Å². The summed E-state index contributed by atoms with van der Waals surface area (Å²) in [5.74, 6) is 1.05. The molecule has 0 atom stereocenters. The number of nitrogens with one attached hydrogen (secondary N) is 1. The highest BCUT2D eigenvalue weighted by Gasteiger charge is 2.13. The fraction of sp³-hybridized carbons (Fsp3) is 0.160. The molecule has 0 radical (unpaired) electrons. The van der Waals surface area contributed by atoms with Gasteiger partial charge in [0.15, 0.2) is 0 Å². The van der Waals surface area contributed by atoms with Gasteiger partial charge in [0, 0.05) is 29.8 Å². The molecule has 0 aliphatic carbocycles. The van der Waals surface area contributed by atoms with Crippen LogP contribution < -0.4 is 14.8 Å². The number of rotatable bonds is 7. The second-order valence-corrected chi connectivity index (χ2v) is 7.10. The first kappa shape index (κ1) is 20.3. The van der Waals surface area contributed by atoms with Crippen molar-refractivity contribution in [2.45, 2.75) is 20.1 Å². The summed E-state index contributed by atoms with van der Waals surface area (Å²) in [6, 6.07) is 21.1. The number of nitrogens with zero attached hydrogens (tertiary/aromatic N) is 2. The number of amides is 1. The third-order valence-corrected chi connectivity index (χ3v) is 4.97. The molecule has 6 nitrogen and oxygen atoms in total. The number of carbonyl (C=O) groups excluding carboxylic acids is 1. The topological polar surface area (TPSA) is 73.3 Å². The second kappa shape index (κ2) is 9.26. The van der Waals surface area contributed by atoms with E-state index in [1.165, 1.54) is 0 Å². The molecule has 0 unspecified atom stereocenters. The van der Waals surface area contributed by atoms with Crippen LogP contribution in [-0.4, -0.2) is 23.0 Å². The van der Waals surface area contributed by atoms with Gasteiger partial charge in [-0.2, -0.15) is 0 Å². The maximum atomic E-state index is 12.9. The molecule has 0 saturated heterocycles. The number of ether oxygens (including phenoxy) is 2. The van der Waals surface area contributed by atoms with E-state index in [0.29, 0.717) is 30.3 Å². The zero-order valence-corrected chi connectivity index (χ0v) is 17.5. The van der Waals surface area contributed by atoms with Crippen LogP contribution in [0, 0.1) is 6.92 Å². The fourth-order valence-electron chi connectivity index (χ4n) is 3.29. The number of benzene rings is 2. The van der Waals surface area contributed by atoms with Crippen molar-refractivity contribution in [1.82, 2.24) is 15.3 Å². The van der Waals surface area contributed by atoms with Crippen LogP contribution in [0.1, 0.15) is 27.2 Å². The summed E-state index contributed by atoms with van der Waals surface area (Å²) < 4.78 is 11.1. The van der Waals surface area contributed by atoms with Crippen LogP contribution in [0.4, 0.5) is 0 Å². The minimum atomic E-state index is -0.194. The van der Waals surface area contributed by atoms with E-state index in [-0.39, 0.29) is 5.91 Å². The Labute approximate surface area is 180 Å². The van der Waals surface area contributed by atoms with E-state index in [2.05, 4.69) is 15.3 Å². The predicted molar refractivity (Wildman–Crippen MR) is 119 cm³/mol. The van der Waals surface area contributed by atoms with Crippen LogP contribution in [-0.2, 0) is 13.2 Å². The highest BCUT2D eigenvalue weighted by molar-refractivity contribution is 5.98. The molecule has 31 heavy (non-hydrogen) atoms. The zero-order valence-electron chi connectivity index (χ0n) is 17.5. The van der Waals surface area contributed by atoms with Gasteiger partial charge in [0.25, 0.3) is 5.91 Å². The van der Waals surface area contributed by atoms with E-state index in [0.717, 1.165) is 27.8 Å². The molecule has 0 aliphatic rings. The van der Waals surface area contributed by atoms with E-state index in [1.54, 1.807) is 13.3 Å². The van der Waals surface area contributed by atoms with Crippen LogP contribution in [0.25, 0.3) is 10.9 Å². The lowest BCUT2D eigenvalue weighted by atomic mass is 10.1. The highest BCUT2D eigenvalue weighted by atomic mass is 16.5. The Morgan fingerprint density at radius 3 is 2.68 bits per heavy atom. The average molecular weight is 413 g/mol. The Hall–Kier alpha value is -3.93. The molecule has 2 aromatic heterocycles. The van der Waals surface area contributed by atoms with Crippen molar-refractivity contribution < 1.29 is 14.3 Å². The Morgan fingerprint density at radius 1 is 1.03 bits per heavy atom. The summed E-state index contributed by atoms with van der Waals surface area (Å²) in [6.07, 6.45) is 1.68. The predicted octanol–water partition coefficient (Wildman–Crippen LogP) is 4.46. The lowest BCUT2D eigenvalue weighted by Gasteiger charge is -2.12. The molecule has 0 saturated carbocycles. The summed E-state index contributed by atoms with van der Waals surface area (Å²) in [5.41, 5.74) is 3.84. The largest absolute Gasteiger partial charge is 0.497 e. The van der Waals surface area contributed by atoms with E-state index in [4.69, 9.17) is 9.47 Å². The van der Waals surface area contributed by atoms with Crippen molar-refractivity contribution in [3.8, 4) is 11.6 Å². The van der Waals surface area contributed by atoms with Crippen molar-refractivity contribution in [2.24, 2.45) is 0 Å². The van der Waals surface area contributed by atoms with Gasteiger partial charge in [-0.15, -0.1) is 0 Å². The molecule has 156 valence electrons. The monoisotopic (exact) mass is 413 g/mol. The van der Waals surface area contributed by atoms with Gasteiger partial charge in [0.05, 0.1) is 23.9 Å². The number of hydrogen-bond acceptors (Lipinski definition) is 5. The molecule has 0 fully saturated rings. The van der Waals surface area contributed by atoms with Crippen LogP contribution in [0.3, 0.4) is 0 Å². The van der Waals surface area contributed by atoms with Gasteiger partial charge in [0.1, 0.15) is 12.4 Å². The Kier molecular flexibility index (Phi) is 6.08. The van der Waals surface area contributed by atoms with Crippen LogP contribution in [0.15, 0.2) is 72.9 Å². The molecule has 4 aromatic rings. The number of hydrogen-bond donors (Lipinski definition) is 1. The number of fused-ring (bicyclic) bond motifs is 1. The molecule has 0 spiro atoms. The van der Waals surface area contributed by atoms with Crippen LogP contribution in [0.5, 0.6) is 11.6 Å². The third-order valence-electron chi connectivity index (χ3n) is 4.97. The molecule has 0 bridgehead atoms. The highest BCUT2D eigenvalue weighted by Crippen LogP contribution is 2.22. The zero-order chi connectivity index (χ0) is 21.6. The van der Waals surface area contributed by atoms with Gasteiger partial charge >= 0.3 is 0 Å². The van der Waals surface area contributed by atoms with Gasteiger partial charge in [0.2, 0.25) is 5.88 Å². The first-order valence-corrected chi connectivity index (χ1v) is 9.98. The summed E-state index contributed by atoms with van der Waals surface area (Å²) in [7, 11) is 1.62. The number of pyridine rings is 2. The third kappa shape index (κ3) is 4.80. The van der Waals surface area contributed by atoms with Crippen LogP contribution >= 0.6 is 0 Å². The van der Waals surface area contributed by atoms with E-state index in [1.807, 2.05) is 73.7 Å². The second-order valence-electron chi connectivity index (χ2n) is 7.10. The minimum Gasteiger partial charge on any atom is -0.497 e. The Balaban J connectivity index is 1.47. The van der Waals surface area contributed by atoms with E-state index in [9.17, 15) is 4.79 Å². The maximum Gasteiger partial charge on any atom is 0.253 e. The number of methoxy groups -OCH3 is 1. The first-order valence-electron chi connectivity index (χ1n) is 9.98. The maximum absolute atomic E-state index is 12.9. The normalized spacial score (nSPS) is 10.6. The molecular formula is C25H23N3O3. The molecule has 6 heteroatoms. The Bertz CT molecular complexity index is 1210. The van der Waals surface area contributed by atoms with Crippen molar-refractivity contribution in [3.63, 3.8) is 0 Å². The fourth-order valence-corrected chi connectivity index (χ4v) is 3.29. The molecule has 2 aromatic carbocycles. The quantitative estimate of drug-likeness (QED) is 0.484. The van der Waals surface area contributed by atoms with E-state index >= 15 is 0 Å². The standard InChI is InChI=1S/C25H23N3O3/c1-17-22(13-19-10-11-21(30-2)14-23(19)28-17)24(29)27-15-20-9-6-12-26-25(20)31-16-18-7-4-3-5-8-18/h3-14H,15-16H2,1-2H3,(H,27,29). The molecule has 1 amide bonds. The Morgan fingerprint density at radius 2 is 1.87 bits per heavy atom. The molecule has 2 heterocycles. The lowest BCUT2D eigenvalue weighted by Crippen LogP contribution is -2.24.